The van der Waals surface area contributed by atoms with Crippen LogP contribution in [0, 0.1) is 6.92 Å². The van der Waals surface area contributed by atoms with Crippen LogP contribution in [-0.4, -0.2) is 15.7 Å². The molecular formula is C18H12Cl2F3N3O. The molecule has 0 radical (unpaired) electrons. The predicted octanol–water partition coefficient (Wildman–Crippen LogP) is 5.76. The zero-order chi connectivity index (χ0) is 19.8. The normalized spacial score (nSPS) is 11.5. The second-order valence-electron chi connectivity index (χ2n) is 5.71. The Morgan fingerprint density at radius 1 is 1.07 bits per heavy atom. The number of alkyl halides is 3. The van der Waals surface area contributed by atoms with Gasteiger partial charge in [0.25, 0.3) is 5.91 Å². The summed E-state index contributed by atoms with van der Waals surface area (Å²) < 4.78 is 39.9. The Kier molecular flexibility index (Phi) is 5.17. The Bertz CT molecular complexity index is 1020. The van der Waals surface area contributed by atoms with Crippen LogP contribution in [0.4, 0.5) is 19.0 Å². The molecular weight excluding hydrogens is 402 g/mol. The van der Waals surface area contributed by atoms with Gasteiger partial charge in [0.15, 0.2) is 5.82 Å². The smallest absolute Gasteiger partial charge is 0.305 e. The number of nitrogens with zero attached hydrogens (tertiary/aromatic N) is 2. The van der Waals surface area contributed by atoms with E-state index in [9.17, 15) is 18.0 Å². The Hall–Kier alpha value is -2.51. The van der Waals surface area contributed by atoms with Crippen LogP contribution in [0.1, 0.15) is 21.6 Å². The highest BCUT2D eigenvalue weighted by Gasteiger charge is 2.31. The quantitative estimate of drug-likeness (QED) is 0.593. The van der Waals surface area contributed by atoms with Crippen molar-refractivity contribution >= 4 is 34.9 Å². The number of nitrogens with one attached hydrogen (secondary N) is 1. The highest BCUT2D eigenvalue weighted by molar-refractivity contribution is 6.42. The van der Waals surface area contributed by atoms with Crippen LogP contribution in [0.25, 0.3) is 5.69 Å². The number of carbonyl (C=O) groups excluding carboxylic acids is 1. The van der Waals surface area contributed by atoms with Crippen molar-refractivity contribution in [3.8, 4) is 5.69 Å². The molecule has 27 heavy (non-hydrogen) atoms. The van der Waals surface area contributed by atoms with Gasteiger partial charge in [-0.2, -0.15) is 13.2 Å². The first-order valence-electron chi connectivity index (χ1n) is 7.66. The first-order chi connectivity index (χ1) is 12.6. The van der Waals surface area contributed by atoms with Gasteiger partial charge in [-0.25, -0.2) is 4.68 Å². The third-order valence-corrected chi connectivity index (χ3v) is 4.47. The fourth-order valence-electron chi connectivity index (χ4n) is 2.44. The molecule has 1 heterocycles. The summed E-state index contributed by atoms with van der Waals surface area (Å²) in [6.45, 7) is 1.76. The van der Waals surface area contributed by atoms with Gasteiger partial charge in [-0.05, 0) is 43.3 Å². The highest BCUT2D eigenvalue weighted by atomic mass is 35.5. The van der Waals surface area contributed by atoms with Gasteiger partial charge in [-0.1, -0.05) is 29.3 Å². The number of halogens is 5. The van der Waals surface area contributed by atoms with E-state index < -0.39 is 17.6 Å². The van der Waals surface area contributed by atoms with Crippen molar-refractivity contribution in [3.05, 3.63) is 75.4 Å². The number of hydrogen-bond donors (Lipinski definition) is 1. The summed E-state index contributed by atoms with van der Waals surface area (Å²) in [6, 6.07) is 10.7. The van der Waals surface area contributed by atoms with Crippen LogP contribution in [0.2, 0.25) is 10.0 Å². The summed E-state index contributed by atoms with van der Waals surface area (Å²) in [4.78, 5) is 12.3. The van der Waals surface area contributed by atoms with Crippen molar-refractivity contribution in [2.24, 2.45) is 0 Å². The van der Waals surface area contributed by atoms with Crippen molar-refractivity contribution in [1.82, 2.24) is 9.78 Å². The van der Waals surface area contributed by atoms with Gasteiger partial charge >= 0.3 is 6.18 Å². The fourth-order valence-corrected chi connectivity index (χ4v) is 2.73. The summed E-state index contributed by atoms with van der Waals surface area (Å²) >= 11 is 11.9. The zero-order valence-electron chi connectivity index (χ0n) is 13.8. The van der Waals surface area contributed by atoms with Crippen LogP contribution in [0.3, 0.4) is 0 Å². The molecule has 140 valence electrons. The maximum absolute atomic E-state index is 12.8. The fraction of sp³-hybridized carbons (Fsp3) is 0.111. The van der Waals surface area contributed by atoms with Crippen molar-refractivity contribution in [2.75, 3.05) is 5.32 Å². The molecule has 0 unspecified atom stereocenters. The van der Waals surface area contributed by atoms with Gasteiger partial charge in [-0.15, -0.1) is 5.10 Å². The summed E-state index contributed by atoms with van der Waals surface area (Å²) in [7, 11) is 0. The third-order valence-electron chi connectivity index (χ3n) is 3.73. The molecule has 3 rings (SSSR count). The van der Waals surface area contributed by atoms with Crippen LogP contribution in [0.5, 0.6) is 0 Å². The molecule has 0 saturated heterocycles. The van der Waals surface area contributed by atoms with Crippen LogP contribution in [-0.2, 0) is 6.18 Å². The Morgan fingerprint density at radius 3 is 2.48 bits per heavy atom. The lowest BCUT2D eigenvalue weighted by Gasteiger charge is -2.08. The summed E-state index contributed by atoms with van der Waals surface area (Å²) in [5, 5.41) is 7.48. The standard InChI is InChI=1S/C18H12Cl2F3N3O/c1-10-7-16(25-26(10)13-5-6-14(19)15(20)9-13)24-17(27)11-3-2-4-12(8-11)18(21,22)23/h2-9H,1H3,(H,24,25,27). The molecule has 1 amide bonds. The minimum absolute atomic E-state index is 0.119. The third kappa shape index (κ3) is 4.26. The number of amides is 1. The van der Waals surface area contributed by atoms with Crippen molar-refractivity contribution in [3.63, 3.8) is 0 Å². The molecule has 2 aromatic carbocycles. The second-order valence-corrected chi connectivity index (χ2v) is 6.53. The number of rotatable bonds is 3. The predicted molar refractivity (Wildman–Crippen MR) is 97.7 cm³/mol. The summed E-state index contributed by atoms with van der Waals surface area (Å²) in [6.07, 6.45) is -4.53. The average Bonchev–Trinajstić information content (AvgIpc) is 2.97. The minimum atomic E-state index is -4.53. The molecule has 0 aliphatic carbocycles. The van der Waals surface area contributed by atoms with E-state index >= 15 is 0 Å². The number of aryl methyl sites for hydroxylation is 1. The van der Waals surface area contributed by atoms with Crippen LogP contribution < -0.4 is 5.32 Å². The lowest BCUT2D eigenvalue weighted by molar-refractivity contribution is -0.137. The van der Waals surface area contributed by atoms with Gasteiger partial charge < -0.3 is 5.32 Å². The Balaban J connectivity index is 1.85. The number of aromatic nitrogens is 2. The lowest BCUT2D eigenvalue weighted by Crippen LogP contribution is -2.14. The monoisotopic (exact) mass is 413 g/mol. The van der Waals surface area contributed by atoms with E-state index in [0.29, 0.717) is 21.4 Å². The first kappa shape index (κ1) is 19.3. The molecule has 0 aliphatic heterocycles. The van der Waals surface area contributed by atoms with Crippen molar-refractivity contribution in [1.29, 1.82) is 0 Å². The summed E-state index contributed by atoms with van der Waals surface area (Å²) in [5.41, 5.74) is 0.299. The molecule has 1 N–H and O–H groups in total. The first-order valence-corrected chi connectivity index (χ1v) is 8.41. The largest absolute Gasteiger partial charge is 0.416 e. The highest BCUT2D eigenvalue weighted by Crippen LogP contribution is 2.30. The maximum Gasteiger partial charge on any atom is 0.416 e. The molecule has 0 bridgehead atoms. The second kappa shape index (κ2) is 7.25. The number of benzene rings is 2. The van der Waals surface area contributed by atoms with E-state index in [-0.39, 0.29) is 11.4 Å². The van der Waals surface area contributed by atoms with E-state index in [0.717, 1.165) is 12.1 Å². The molecule has 3 aromatic rings. The summed E-state index contributed by atoms with van der Waals surface area (Å²) in [5.74, 6) is -0.499. The average molecular weight is 414 g/mol. The van der Waals surface area contributed by atoms with Crippen molar-refractivity contribution in [2.45, 2.75) is 13.1 Å². The van der Waals surface area contributed by atoms with Crippen LogP contribution >= 0.6 is 23.2 Å². The van der Waals surface area contributed by atoms with Gasteiger partial charge in [0.1, 0.15) is 0 Å². The van der Waals surface area contributed by atoms with E-state index in [1.54, 1.807) is 31.2 Å². The van der Waals surface area contributed by atoms with E-state index in [2.05, 4.69) is 10.4 Å². The molecule has 0 fully saturated rings. The van der Waals surface area contributed by atoms with Crippen molar-refractivity contribution < 1.29 is 18.0 Å². The number of anilines is 1. The van der Waals surface area contributed by atoms with Gasteiger partial charge in [0, 0.05) is 17.3 Å². The molecule has 9 heteroatoms. The minimum Gasteiger partial charge on any atom is -0.305 e. The molecule has 1 aromatic heterocycles. The van der Waals surface area contributed by atoms with Crippen LogP contribution in [0.15, 0.2) is 48.5 Å². The number of hydrogen-bond acceptors (Lipinski definition) is 2. The van der Waals surface area contributed by atoms with Gasteiger partial charge in [-0.3, -0.25) is 4.79 Å². The Labute approximate surface area is 162 Å². The van der Waals surface area contributed by atoms with E-state index in [4.69, 9.17) is 23.2 Å². The maximum atomic E-state index is 12.8. The van der Waals surface area contributed by atoms with Gasteiger partial charge in [0.2, 0.25) is 0 Å². The Morgan fingerprint density at radius 2 is 1.81 bits per heavy atom. The number of carbonyl (C=O) groups is 1. The van der Waals surface area contributed by atoms with Gasteiger partial charge in [0.05, 0.1) is 21.3 Å². The molecule has 4 nitrogen and oxygen atoms in total. The lowest BCUT2D eigenvalue weighted by atomic mass is 10.1. The molecule has 0 saturated carbocycles. The SMILES string of the molecule is Cc1cc(NC(=O)c2cccc(C(F)(F)F)c2)nn1-c1ccc(Cl)c(Cl)c1. The van der Waals surface area contributed by atoms with E-state index in [1.165, 1.54) is 16.8 Å². The molecule has 0 aliphatic rings. The van der Waals surface area contributed by atoms with E-state index in [1.807, 2.05) is 0 Å². The topological polar surface area (TPSA) is 46.9 Å². The molecule has 0 spiro atoms. The molecule has 0 atom stereocenters. The zero-order valence-corrected chi connectivity index (χ0v) is 15.3.